The van der Waals surface area contributed by atoms with Crippen molar-refractivity contribution in [1.82, 2.24) is 0 Å². The number of hydrogen-bond donors (Lipinski definition) is 4. The number of aliphatic hydroxyl groups excluding tert-OH is 3. The summed E-state index contributed by atoms with van der Waals surface area (Å²) in [6.07, 6.45) is 7.21. The lowest BCUT2D eigenvalue weighted by Gasteiger charge is -2.68. The number of carboxylic acids is 1. The van der Waals surface area contributed by atoms with Crippen LogP contribution < -0.4 is 0 Å². The number of carbonyl (C=O) groups is 1. The molecule has 240 valence electrons. The Bertz CT molecular complexity index is 1200. The van der Waals surface area contributed by atoms with Crippen LogP contribution in [0.5, 0.6) is 0 Å². The Morgan fingerprint density at radius 2 is 1.58 bits per heavy atom. The molecule has 4 N–H and O–H groups in total. The molecule has 0 amide bonds. The van der Waals surface area contributed by atoms with Gasteiger partial charge in [0.05, 0.1) is 17.6 Å². The molecular weight excluding hydrogens is 542 g/mol. The van der Waals surface area contributed by atoms with Crippen LogP contribution in [0.15, 0.2) is 11.6 Å². The summed E-state index contributed by atoms with van der Waals surface area (Å²) in [4.78, 5) is 12.8. The monoisotopic (exact) mass is 597 g/mol. The number of allylic oxidation sites excluding steroid dienone is 2. The molecule has 1 heterocycles. The maximum Gasteiger partial charge on any atom is 0.310 e. The molecule has 7 unspecified atom stereocenters. The van der Waals surface area contributed by atoms with Crippen LogP contribution in [-0.2, 0) is 9.53 Å². The van der Waals surface area contributed by atoms with Crippen molar-refractivity contribution in [2.45, 2.75) is 143 Å². The number of ether oxygens (including phenoxy) is 1. The summed E-state index contributed by atoms with van der Waals surface area (Å²) in [6, 6.07) is 1.95. The molecule has 5 fully saturated rings. The Labute approximate surface area is 258 Å². The van der Waals surface area contributed by atoms with Gasteiger partial charge in [-0.2, -0.15) is 5.26 Å². The second-order valence-electron chi connectivity index (χ2n) is 17.6. The summed E-state index contributed by atoms with van der Waals surface area (Å²) in [5.41, 5.74) is 1.34. The van der Waals surface area contributed by atoms with Crippen molar-refractivity contribution >= 4 is 5.97 Å². The van der Waals surface area contributed by atoms with E-state index in [0.29, 0.717) is 24.2 Å². The zero-order valence-electron chi connectivity index (χ0n) is 27.2. The first-order valence-electron chi connectivity index (χ1n) is 17.0. The summed E-state index contributed by atoms with van der Waals surface area (Å²) >= 11 is 0. The summed E-state index contributed by atoms with van der Waals surface area (Å²) in [5, 5.41) is 51.4. The molecule has 7 heteroatoms. The Morgan fingerprint density at radius 1 is 0.884 bits per heavy atom. The molecule has 43 heavy (non-hydrogen) atoms. The van der Waals surface area contributed by atoms with E-state index in [2.05, 4.69) is 47.6 Å². The first-order valence-corrected chi connectivity index (χ1v) is 17.0. The van der Waals surface area contributed by atoms with E-state index >= 15 is 0 Å². The first kappa shape index (κ1) is 31.5. The van der Waals surface area contributed by atoms with Gasteiger partial charge in [-0.15, -0.1) is 0 Å². The topological polar surface area (TPSA) is 131 Å². The maximum atomic E-state index is 12.8. The highest BCUT2D eigenvalue weighted by Crippen LogP contribution is 2.73. The predicted molar refractivity (Wildman–Crippen MR) is 162 cm³/mol. The molecule has 0 aromatic heterocycles. The van der Waals surface area contributed by atoms with E-state index in [1.54, 1.807) is 0 Å². The molecule has 4 saturated carbocycles. The van der Waals surface area contributed by atoms with E-state index in [1.807, 2.05) is 6.07 Å². The van der Waals surface area contributed by atoms with Crippen LogP contribution in [0.25, 0.3) is 0 Å². The molecular formula is C36H55NO6. The molecule has 5 aliphatic carbocycles. The fourth-order valence-corrected chi connectivity index (χ4v) is 12.3. The number of rotatable bonds is 3. The van der Waals surface area contributed by atoms with Crippen molar-refractivity contribution in [3.05, 3.63) is 11.6 Å². The summed E-state index contributed by atoms with van der Waals surface area (Å²) in [6.45, 7) is 14.5. The zero-order chi connectivity index (χ0) is 31.3. The van der Waals surface area contributed by atoms with E-state index in [4.69, 9.17) is 4.74 Å². The highest BCUT2D eigenvalue weighted by atomic mass is 16.5. The summed E-state index contributed by atoms with van der Waals surface area (Å²) in [5.74, 6) is 1.32. The summed E-state index contributed by atoms with van der Waals surface area (Å²) in [7, 11) is 0. The fraction of sp³-hybridized carbons (Fsp3) is 0.889. The Morgan fingerprint density at radius 3 is 2.26 bits per heavy atom. The normalized spacial score (nSPS) is 51.9. The third-order valence-corrected chi connectivity index (χ3v) is 14.9. The highest BCUT2D eigenvalue weighted by molar-refractivity contribution is 5.76. The first-order chi connectivity index (χ1) is 20.0. The van der Waals surface area contributed by atoms with E-state index in [-0.39, 0.29) is 33.5 Å². The number of aliphatic carboxylic acids is 1. The molecule has 6 rings (SSSR count). The van der Waals surface area contributed by atoms with Crippen LogP contribution >= 0.6 is 0 Å². The lowest BCUT2D eigenvalue weighted by molar-refractivity contribution is -0.221. The second-order valence-corrected chi connectivity index (χ2v) is 17.6. The molecule has 0 aromatic rings. The molecule has 1 aliphatic heterocycles. The largest absolute Gasteiger partial charge is 0.481 e. The van der Waals surface area contributed by atoms with Gasteiger partial charge in [-0.3, -0.25) is 4.79 Å². The number of nitrogens with zero attached hydrogens (tertiary/aromatic N) is 1. The number of carboxylic acid groups (broad SMARTS) is 1. The fourth-order valence-electron chi connectivity index (χ4n) is 12.3. The van der Waals surface area contributed by atoms with Gasteiger partial charge in [0, 0.05) is 0 Å². The van der Waals surface area contributed by atoms with Crippen molar-refractivity contribution < 1.29 is 30.0 Å². The molecule has 7 nitrogen and oxygen atoms in total. The number of aliphatic hydroxyl groups is 3. The van der Waals surface area contributed by atoms with Gasteiger partial charge in [0.1, 0.15) is 18.3 Å². The SMILES string of the molecule is CC1(C)CC[C@]2(C(=O)O)CCC3C(=CCC4[C@@]3(C)CCC3C(C)(C)[C@@H](C[C@@H]5OC(C#N)[C@@H](O)C(O)C5O)CC[C@@]34C)C2C1. The maximum absolute atomic E-state index is 12.8. The van der Waals surface area contributed by atoms with Gasteiger partial charge in [-0.25, -0.2) is 0 Å². The second kappa shape index (κ2) is 10.3. The summed E-state index contributed by atoms with van der Waals surface area (Å²) < 4.78 is 5.86. The average molecular weight is 598 g/mol. The van der Waals surface area contributed by atoms with Crippen molar-refractivity contribution in [2.24, 2.45) is 56.7 Å². The zero-order valence-corrected chi connectivity index (χ0v) is 27.2. The number of fused-ring (bicyclic) bond motifs is 7. The molecule has 13 atom stereocenters. The lowest BCUT2D eigenvalue weighted by Crippen LogP contribution is -2.62. The van der Waals surface area contributed by atoms with E-state index in [9.17, 15) is 30.5 Å². The van der Waals surface area contributed by atoms with Crippen molar-refractivity contribution in [2.75, 3.05) is 0 Å². The minimum Gasteiger partial charge on any atom is -0.481 e. The molecule has 0 bridgehead atoms. The van der Waals surface area contributed by atoms with Gasteiger partial charge in [0.2, 0.25) is 0 Å². The van der Waals surface area contributed by atoms with Crippen molar-refractivity contribution in [3.63, 3.8) is 0 Å². The Hall–Kier alpha value is -1.46. The minimum atomic E-state index is -1.40. The molecule has 0 spiro atoms. The van der Waals surface area contributed by atoms with Gasteiger partial charge in [-0.1, -0.05) is 53.2 Å². The third-order valence-electron chi connectivity index (χ3n) is 14.9. The average Bonchev–Trinajstić information content (AvgIpc) is 2.93. The van der Waals surface area contributed by atoms with Crippen LogP contribution in [0.2, 0.25) is 0 Å². The van der Waals surface area contributed by atoms with Gasteiger partial charge in [0.25, 0.3) is 0 Å². The van der Waals surface area contributed by atoms with Crippen molar-refractivity contribution in [3.8, 4) is 6.07 Å². The van der Waals surface area contributed by atoms with Crippen LogP contribution in [-0.4, -0.2) is 56.9 Å². The van der Waals surface area contributed by atoms with Crippen LogP contribution in [0.4, 0.5) is 0 Å². The van der Waals surface area contributed by atoms with Gasteiger partial charge in [-0.05, 0) is 122 Å². The third kappa shape index (κ3) is 4.51. The molecule has 1 saturated heterocycles. The van der Waals surface area contributed by atoms with Gasteiger partial charge >= 0.3 is 5.97 Å². The smallest absolute Gasteiger partial charge is 0.310 e. The Kier molecular flexibility index (Phi) is 7.53. The standard InChI is InChI=1S/C36H55NO6/c1-32(2)15-16-36(31(41)42)14-10-22-21(23(36)18-32)7-8-27-34(22,5)13-11-26-33(3,4)20(9-12-35(26,27)6)17-24-28(38)30(40)29(39)25(19-37)43-24/h7,20,22-30,38-40H,8-18H2,1-6H3,(H,41,42)/t20-,22?,23?,24+,25?,26?,27?,28?,29-,30?,34+,35+,36-/m1/s1. The highest BCUT2D eigenvalue weighted by Gasteiger charge is 2.66. The van der Waals surface area contributed by atoms with E-state index in [1.165, 1.54) is 5.57 Å². The predicted octanol–water partition coefficient (Wildman–Crippen LogP) is 5.86. The van der Waals surface area contributed by atoms with E-state index in [0.717, 1.165) is 64.2 Å². The molecule has 0 aromatic carbocycles. The van der Waals surface area contributed by atoms with Gasteiger partial charge in [0.15, 0.2) is 6.10 Å². The minimum absolute atomic E-state index is 0.0248. The van der Waals surface area contributed by atoms with Crippen LogP contribution in [0.1, 0.15) is 112 Å². The van der Waals surface area contributed by atoms with Gasteiger partial charge < -0.3 is 25.2 Å². The van der Waals surface area contributed by atoms with Crippen molar-refractivity contribution in [1.29, 1.82) is 5.26 Å². The number of hydrogen-bond acceptors (Lipinski definition) is 6. The number of nitriles is 1. The van der Waals surface area contributed by atoms with E-state index < -0.39 is 41.9 Å². The Balaban J connectivity index is 1.27. The van der Waals surface area contributed by atoms with Crippen LogP contribution in [0.3, 0.4) is 0 Å². The lowest BCUT2D eigenvalue weighted by atomic mass is 9.36. The molecule has 6 aliphatic rings. The van der Waals surface area contributed by atoms with Crippen LogP contribution in [0, 0.1) is 68.0 Å². The molecule has 0 radical (unpaired) electrons. The quantitative estimate of drug-likeness (QED) is 0.300.